The van der Waals surface area contributed by atoms with E-state index in [1.807, 2.05) is 27.2 Å². The minimum atomic E-state index is -4.60. The summed E-state index contributed by atoms with van der Waals surface area (Å²) in [5.74, 6) is -0.210. The van der Waals surface area contributed by atoms with Gasteiger partial charge in [0.2, 0.25) is 5.91 Å². The van der Waals surface area contributed by atoms with E-state index < -0.39 is 26.6 Å². The summed E-state index contributed by atoms with van der Waals surface area (Å²) in [5, 5.41) is 13.8. The van der Waals surface area contributed by atoms with E-state index in [1.54, 1.807) is 6.08 Å². The molecule has 0 bridgehead atoms. The molecule has 8 nitrogen and oxygen atoms in total. The molecule has 0 aliphatic heterocycles. The van der Waals surface area contributed by atoms with Crippen molar-refractivity contribution in [1.82, 2.24) is 5.32 Å². The van der Waals surface area contributed by atoms with Crippen molar-refractivity contribution in [2.24, 2.45) is 0 Å². The van der Waals surface area contributed by atoms with Crippen molar-refractivity contribution in [3.63, 3.8) is 0 Å². The Balaban J connectivity index is 3.85. The lowest BCUT2D eigenvalue weighted by molar-refractivity contribution is -0.870. The average molecular weight is 1070 g/mol. The predicted molar refractivity (Wildman–Crippen MR) is 325 cm³/mol. The van der Waals surface area contributed by atoms with Crippen molar-refractivity contribution in [3.05, 3.63) is 72.9 Å². The quantitative estimate of drug-likeness (QED) is 0.0272. The number of quaternary nitrogens is 1. The van der Waals surface area contributed by atoms with Crippen LogP contribution in [0.1, 0.15) is 290 Å². The second kappa shape index (κ2) is 56.7. The van der Waals surface area contributed by atoms with E-state index in [-0.39, 0.29) is 12.5 Å². The molecule has 75 heavy (non-hydrogen) atoms. The molecule has 0 saturated carbocycles. The molecule has 0 rings (SSSR count). The highest BCUT2D eigenvalue weighted by Crippen LogP contribution is 2.38. The van der Waals surface area contributed by atoms with Gasteiger partial charge >= 0.3 is 0 Å². The van der Waals surface area contributed by atoms with Gasteiger partial charge in [0, 0.05) is 6.42 Å². The number of nitrogens with one attached hydrogen (secondary N) is 1. The molecular weight excluding hydrogens is 948 g/mol. The Morgan fingerprint density at radius 2 is 0.800 bits per heavy atom. The van der Waals surface area contributed by atoms with Gasteiger partial charge in [-0.2, -0.15) is 0 Å². The number of allylic oxidation sites excluding steroid dienone is 11. The topological polar surface area (TPSA) is 108 Å². The van der Waals surface area contributed by atoms with E-state index in [1.165, 1.54) is 205 Å². The van der Waals surface area contributed by atoms with Gasteiger partial charge in [0.15, 0.2) is 0 Å². The molecule has 2 N–H and O–H groups in total. The van der Waals surface area contributed by atoms with Gasteiger partial charge in [0.05, 0.1) is 39.9 Å². The van der Waals surface area contributed by atoms with E-state index in [2.05, 4.69) is 79.9 Å². The van der Waals surface area contributed by atoms with Crippen LogP contribution in [0.2, 0.25) is 0 Å². The standard InChI is InChI=1S/C66H123N2O6P/c1-6-8-10-12-14-16-18-20-21-22-23-24-25-26-27-28-29-30-31-32-33-34-35-36-37-38-39-40-41-42-43-44-45-46-47-48-50-52-54-56-58-60-66(70)67-64(63-74-75(71,72)73-62-61-68(3,4)5)65(69)59-57-55-53-51-49-19-17-15-13-11-9-7-2/h13,15,18,20,22-23,25-26,49,51,57,59,64-65,69H,6-12,14,16-17,19,21,24,27-48,50,52-56,58,60-63H2,1-5H3,(H-,67,70,71,72)/b15-13+,20-18-,23-22-,26-25-,51-49+,59-57+. The van der Waals surface area contributed by atoms with Gasteiger partial charge in [-0.1, -0.05) is 279 Å². The number of rotatable bonds is 58. The molecule has 0 spiro atoms. The van der Waals surface area contributed by atoms with Gasteiger partial charge in [0.25, 0.3) is 7.82 Å². The summed E-state index contributed by atoms with van der Waals surface area (Å²) in [6, 6.07) is -0.909. The summed E-state index contributed by atoms with van der Waals surface area (Å²) in [5.41, 5.74) is 0. The number of phosphoric ester groups is 1. The number of likely N-dealkylation sites (N-methyl/N-ethyl adjacent to an activating group) is 1. The molecule has 0 aromatic rings. The molecule has 0 radical (unpaired) electrons. The van der Waals surface area contributed by atoms with E-state index in [4.69, 9.17) is 9.05 Å². The highest BCUT2D eigenvalue weighted by molar-refractivity contribution is 7.45. The van der Waals surface area contributed by atoms with Crippen LogP contribution < -0.4 is 10.2 Å². The van der Waals surface area contributed by atoms with Crippen LogP contribution in [-0.4, -0.2) is 68.5 Å². The zero-order valence-electron chi connectivity index (χ0n) is 50.0. The Hall–Kier alpha value is -2.06. The normalized spacial score (nSPS) is 14.3. The minimum absolute atomic E-state index is 0.00956. The molecule has 0 aromatic carbocycles. The SMILES string of the molecule is CCCC/C=C/CC/C=C/CC/C=C/C(O)C(COP(=O)([O-])OCC[N+](C)(C)C)NC(=O)CCCCCCCCCCCCCCCCCCCCCCCCCCCC/C=C\C/C=C\C/C=C\CCCCCCC. The first-order valence-corrected chi connectivity index (χ1v) is 33.3. The monoisotopic (exact) mass is 1070 g/mol. The summed E-state index contributed by atoms with van der Waals surface area (Å²) >= 11 is 0. The summed E-state index contributed by atoms with van der Waals surface area (Å²) in [6.07, 6.45) is 79.0. The van der Waals surface area contributed by atoms with E-state index in [0.717, 1.165) is 64.2 Å². The Bertz CT molecular complexity index is 1450. The molecule has 0 heterocycles. The molecule has 0 aliphatic rings. The zero-order chi connectivity index (χ0) is 54.9. The van der Waals surface area contributed by atoms with Gasteiger partial charge < -0.3 is 28.8 Å². The minimum Gasteiger partial charge on any atom is -0.756 e. The van der Waals surface area contributed by atoms with Crippen molar-refractivity contribution < 1.29 is 32.9 Å². The third-order valence-electron chi connectivity index (χ3n) is 14.1. The number of aliphatic hydroxyl groups excluding tert-OH is 1. The van der Waals surface area contributed by atoms with Crippen LogP contribution in [0.5, 0.6) is 0 Å². The summed E-state index contributed by atoms with van der Waals surface area (Å²) in [4.78, 5) is 25.4. The first-order valence-electron chi connectivity index (χ1n) is 31.8. The van der Waals surface area contributed by atoms with Crippen LogP contribution >= 0.6 is 7.82 Å². The largest absolute Gasteiger partial charge is 0.756 e. The van der Waals surface area contributed by atoms with Crippen molar-refractivity contribution >= 4 is 13.7 Å². The number of carbonyl (C=O) groups excluding carboxylic acids is 1. The number of carbonyl (C=O) groups is 1. The maximum atomic E-state index is 12.9. The number of hydrogen-bond acceptors (Lipinski definition) is 6. The maximum absolute atomic E-state index is 12.9. The molecule has 438 valence electrons. The second-order valence-electron chi connectivity index (χ2n) is 22.7. The highest BCUT2D eigenvalue weighted by Gasteiger charge is 2.23. The van der Waals surface area contributed by atoms with Crippen molar-refractivity contribution in [1.29, 1.82) is 0 Å². The van der Waals surface area contributed by atoms with Crippen molar-refractivity contribution in [2.75, 3.05) is 40.9 Å². The third-order valence-corrected chi connectivity index (χ3v) is 15.1. The lowest BCUT2D eigenvalue weighted by atomic mass is 10.0. The number of unbranched alkanes of at least 4 members (excludes halogenated alkanes) is 35. The fourth-order valence-corrected chi connectivity index (χ4v) is 9.84. The Kier molecular flexibility index (Phi) is 55.1. The predicted octanol–water partition coefficient (Wildman–Crippen LogP) is 19.2. The average Bonchev–Trinajstić information content (AvgIpc) is 3.37. The molecular formula is C66H123N2O6P. The van der Waals surface area contributed by atoms with Gasteiger partial charge in [-0.3, -0.25) is 9.36 Å². The van der Waals surface area contributed by atoms with Crippen LogP contribution in [0.25, 0.3) is 0 Å². The Morgan fingerprint density at radius 3 is 1.21 bits per heavy atom. The molecule has 0 aromatic heterocycles. The lowest BCUT2D eigenvalue weighted by Gasteiger charge is -2.29. The molecule has 0 fully saturated rings. The number of hydrogen-bond donors (Lipinski definition) is 2. The van der Waals surface area contributed by atoms with Crippen LogP contribution in [0.3, 0.4) is 0 Å². The fourth-order valence-electron chi connectivity index (χ4n) is 9.12. The number of amides is 1. The molecule has 3 atom stereocenters. The van der Waals surface area contributed by atoms with E-state index in [0.29, 0.717) is 17.4 Å². The Labute approximate surface area is 465 Å². The zero-order valence-corrected chi connectivity index (χ0v) is 50.9. The highest BCUT2D eigenvalue weighted by atomic mass is 31.2. The summed E-state index contributed by atoms with van der Waals surface area (Å²) in [6.45, 7) is 4.57. The lowest BCUT2D eigenvalue weighted by Crippen LogP contribution is -2.45. The summed E-state index contributed by atoms with van der Waals surface area (Å²) < 4.78 is 23.3. The maximum Gasteiger partial charge on any atom is 0.268 e. The van der Waals surface area contributed by atoms with E-state index >= 15 is 0 Å². The number of phosphoric acid groups is 1. The first-order chi connectivity index (χ1) is 36.5. The van der Waals surface area contributed by atoms with Gasteiger partial charge in [-0.25, -0.2) is 0 Å². The third kappa shape index (κ3) is 59.4. The first kappa shape index (κ1) is 72.9. The Morgan fingerprint density at radius 1 is 0.467 bits per heavy atom. The summed E-state index contributed by atoms with van der Waals surface area (Å²) in [7, 11) is 1.24. The van der Waals surface area contributed by atoms with Gasteiger partial charge in [-0.15, -0.1) is 0 Å². The van der Waals surface area contributed by atoms with Gasteiger partial charge in [-0.05, 0) is 77.0 Å². The van der Waals surface area contributed by atoms with Crippen LogP contribution in [0, 0.1) is 0 Å². The molecule has 0 aliphatic carbocycles. The van der Waals surface area contributed by atoms with Gasteiger partial charge in [0.1, 0.15) is 13.2 Å². The van der Waals surface area contributed by atoms with E-state index in [9.17, 15) is 19.4 Å². The molecule has 9 heteroatoms. The molecule has 1 amide bonds. The molecule has 0 saturated heterocycles. The smallest absolute Gasteiger partial charge is 0.268 e. The fraction of sp³-hybridized carbons (Fsp3) is 0.803. The van der Waals surface area contributed by atoms with Crippen molar-refractivity contribution in [3.8, 4) is 0 Å². The van der Waals surface area contributed by atoms with Crippen LogP contribution in [0.4, 0.5) is 0 Å². The number of aliphatic hydroxyl groups is 1. The second-order valence-corrected chi connectivity index (χ2v) is 24.2. The van der Waals surface area contributed by atoms with Crippen LogP contribution in [0.15, 0.2) is 72.9 Å². The van der Waals surface area contributed by atoms with Crippen molar-refractivity contribution in [2.45, 2.75) is 302 Å². The number of nitrogens with zero attached hydrogens (tertiary/aromatic N) is 1. The molecule has 3 unspecified atom stereocenters. The van der Waals surface area contributed by atoms with Crippen LogP contribution in [-0.2, 0) is 18.4 Å².